The van der Waals surface area contributed by atoms with Crippen LogP contribution in [-0.2, 0) is 37.7 Å². The van der Waals surface area contributed by atoms with Crippen molar-refractivity contribution in [1.29, 1.82) is 0 Å². The largest absolute Gasteiger partial charge is 0.432 e. The quantitative estimate of drug-likeness (QED) is 0.299. The number of aliphatic hydroxyl groups is 1. The number of benzene rings is 3. The Balaban J connectivity index is 1.23. The van der Waals surface area contributed by atoms with Crippen molar-refractivity contribution in [2.75, 3.05) is 23.0 Å². The molecule has 0 saturated carbocycles. The number of hydrogen-bond acceptors (Lipinski definition) is 6. The Morgan fingerprint density at radius 2 is 1.83 bits per heavy atom. The van der Waals surface area contributed by atoms with Crippen molar-refractivity contribution in [3.8, 4) is 0 Å². The maximum absolute atomic E-state index is 14.9. The number of nitrogens with zero attached hydrogens (tertiary/aromatic N) is 3. The molecule has 4 aliphatic rings. The van der Waals surface area contributed by atoms with Gasteiger partial charge in [-0.1, -0.05) is 53.2 Å². The molecule has 2 saturated heterocycles. The number of para-hydroxylation sites is 1. The highest BCUT2D eigenvalue weighted by atomic mass is 79.9. The van der Waals surface area contributed by atoms with Crippen molar-refractivity contribution < 1.29 is 29.0 Å². The highest BCUT2D eigenvalue weighted by Gasteiger charge is 2.66. The van der Waals surface area contributed by atoms with Crippen molar-refractivity contribution in [1.82, 2.24) is 4.90 Å². The zero-order chi connectivity index (χ0) is 34.0. The molecular weight excluding hydrogens is 690 g/mol. The third-order valence-corrected chi connectivity index (χ3v) is 13.8. The number of carbonyl (C=O) groups is 3. The maximum atomic E-state index is 14.9. The van der Waals surface area contributed by atoms with Crippen LogP contribution in [0.3, 0.4) is 0 Å². The third-order valence-electron chi connectivity index (χ3n) is 10.8. The SMILES string of the molecule is C[C@H]1[C@H]([Si](C)(C)O)[C@@H](CC(=O)N2CCC[C@H]2CO)O[C@]12C(=O)N(Cc1cccc(N3C(=O)CCc4ccccc43)c1)c1ccc(Br)cc12. The average Bonchev–Trinajstić information content (AvgIpc) is 3.71. The van der Waals surface area contributed by atoms with Crippen molar-refractivity contribution in [3.63, 3.8) is 0 Å². The lowest BCUT2D eigenvalue weighted by Crippen LogP contribution is -2.46. The van der Waals surface area contributed by atoms with Crippen LogP contribution in [-0.4, -0.2) is 66.1 Å². The van der Waals surface area contributed by atoms with Crippen LogP contribution in [0.4, 0.5) is 17.1 Å². The number of carbonyl (C=O) groups excluding carboxylic acids is 3. The van der Waals surface area contributed by atoms with E-state index in [-0.39, 0.29) is 48.9 Å². The van der Waals surface area contributed by atoms with Gasteiger partial charge in [0.05, 0.1) is 43.1 Å². The fraction of sp³-hybridized carbons (Fsp3) is 0.432. The number of aryl methyl sites for hydroxylation is 1. The Labute approximate surface area is 290 Å². The summed E-state index contributed by atoms with van der Waals surface area (Å²) in [6, 6.07) is 21.3. The van der Waals surface area contributed by atoms with Crippen LogP contribution < -0.4 is 9.80 Å². The van der Waals surface area contributed by atoms with E-state index < -0.39 is 25.9 Å². The predicted octanol–water partition coefficient (Wildman–Crippen LogP) is 5.78. The number of ether oxygens (including phenoxy) is 1. The standard InChI is InChI=1S/C37H42BrN3O6Si/c1-23-35(48(2,3)46)32(20-34(44)39-17-7-11-28(39)22-42)47-37(23)29-19-26(38)14-15-31(29)40(36(37)45)21-24-8-6-10-27(18-24)41-30-12-5-4-9-25(30)13-16-33(41)43/h4-6,8-10,12,14-15,18-19,23,28,32,35,42,46H,7,11,13,16-17,20-22H2,1-3H3/t23-,28-,32+,35-,37+/m0/s1. The van der Waals surface area contributed by atoms with E-state index >= 15 is 0 Å². The summed E-state index contributed by atoms with van der Waals surface area (Å²) < 4.78 is 7.69. The molecule has 7 rings (SSSR count). The molecule has 9 nitrogen and oxygen atoms in total. The van der Waals surface area contributed by atoms with Gasteiger partial charge in [-0.3, -0.25) is 19.3 Å². The number of amides is 3. The average molecular weight is 733 g/mol. The molecule has 0 aromatic heterocycles. The van der Waals surface area contributed by atoms with E-state index in [1.54, 1.807) is 14.7 Å². The second-order valence-corrected chi connectivity index (χ2v) is 19.1. The predicted molar refractivity (Wildman–Crippen MR) is 189 cm³/mol. The fourth-order valence-electron chi connectivity index (χ4n) is 8.74. The minimum atomic E-state index is -2.96. The lowest BCUT2D eigenvalue weighted by molar-refractivity contribution is -0.150. The molecule has 3 amide bonds. The fourth-order valence-corrected chi connectivity index (χ4v) is 11.7. The number of anilines is 3. The molecule has 0 bridgehead atoms. The van der Waals surface area contributed by atoms with E-state index in [1.807, 2.05) is 80.7 Å². The molecule has 252 valence electrons. The van der Waals surface area contributed by atoms with E-state index in [4.69, 9.17) is 4.74 Å². The summed E-state index contributed by atoms with van der Waals surface area (Å²) in [4.78, 5) is 58.6. The molecule has 4 heterocycles. The number of aliphatic hydroxyl groups excluding tert-OH is 1. The van der Waals surface area contributed by atoms with Gasteiger partial charge in [0.15, 0.2) is 13.9 Å². The molecular formula is C37H42BrN3O6Si. The minimum Gasteiger partial charge on any atom is -0.432 e. The zero-order valence-corrected chi connectivity index (χ0v) is 30.2. The summed E-state index contributed by atoms with van der Waals surface area (Å²) in [6.45, 7) is 6.42. The Bertz CT molecular complexity index is 1780. The molecule has 0 unspecified atom stereocenters. The van der Waals surface area contributed by atoms with Crippen LogP contribution in [0, 0.1) is 5.92 Å². The smallest absolute Gasteiger partial charge is 0.264 e. The first-order chi connectivity index (χ1) is 22.9. The molecule has 4 aliphatic heterocycles. The minimum absolute atomic E-state index is 0.0343. The van der Waals surface area contributed by atoms with Gasteiger partial charge < -0.3 is 24.4 Å². The number of hydrogen-bond donors (Lipinski definition) is 2. The molecule has 2 N–H and O–H groups in total. The summed E-state index contributed by atoms with van der Waals surface area (Å²) in [6.07, 6.45) is 2.10. The monoisotopic (exact) mass is 731 g/mol. The van der Waals surface area contributed by atoms with E-state index in [0.717, 1.165) is 51.1 Å². The van der Waals surface area contributed by atoms with E-state index in [2.05, 4.69) is 22.0 Å². The molecule has 11 heteroatoms. The number of rotatable bonds is 7. The molecule has 5 atom stereocenters. The summed E-state index contributed by atoms with van der Waals surface area (Å²) in [5.41, 5.74) is 3.29. The molecule has 3 aromatic rings. The molecule has 48 heavy (non-hydrogen) atoms. The summed E-state index contributed by atoms with van der Waals surface area (Å²) in [5.74, 6) is -0.715. The van der Waals surface area contributed by atoms with Crippen molar-refractivity contribution >= 4 is 59.0 Å². The second-order valence-electron chi connectivity index (χ2n) is 14.2. The van der Waals surface area contributed by atoms with Gasteiger partial charge in [0.1, 0.15) is 0 Å². The van der Waals surface area contributed by atoms with Crippen LogP contribution >= 0.6 is 15.9 Å². The Morgan fingerprint density at radius 3 is 2.60 bits per heavy atom. The van der Waals surface area contributed by atoms with Crippen LogP contribution in [0.2, 0.25) is 18.6 Å². The number of likely N-dealkylation sites (tertiary alicyclic amines) is 1. The van der Waals surface area contributed by atoms with Gasteiger partial charge >= 0.3 is 0 Å². The lowest BCUT2D eigenvalue weighted by atomic mass is 9.82. The van der Waals surface area contributed by atoms with E-state index in [1.165, 1.54) is 0 Å². The maximum Gasteiger partial charge on any atom is 0.264 e. The van der Waals surface area contributed by atoms with Gasteiger partial charge in [-0.05, 0) is 79.9 Å². The van der Waals surface area contributed by atoms with E-state index in [0.29, 0.717) is 19.4 Å². The molecule has 3 aromatic carbocycles. The first kappa shape index (κ1) is 33.2. The van der Waals surface area contributed by atoms with E-state index in [9.17, 15) is 24.3 Å². The Hall–Kier alpha value is -3.35. The van der Waals surface area contributed by atoms with Gasteiger partial charge in [-0.2, -0.15) is 0 Å². The zero-order valence-electron chi connectivity index (χ0n) is 27.6. The highest BCUT2D eigenvalue weighted by Crippen LogP contribution is 2.60. The molecule has 1 spiro atoms. The molecule has 0 aliphatic carbocycles. The third kappa shape index (κ3) is 5.44. The second kappa shape index (κ2) is 12.5. The van der Waals surface area contributed by atoms with Gasteiger partial charge in [-0.15, -0.1) is 0 Å². The Morgan fingerprint density at radius 1 is 1.04 bits per heavy atom. The number of fused-ring (bicyclic) bond motifs is 3. The van der Waals surface area contributed by atoms with Crippen LogP contribution in [0.25, 0.3) is 0 Å². The summed E-state index contributed by atoms with van der Waals surface area (Å²) >= 11 is 3.62. The Kier molecular flexibility index (Phi) is 8.64. The lowest BCUT2D eigenvalue weighted by Gasteiger charge is -2.33. The van der Waals surface area contributed by atoms with Crippen LogP contribution in [0.15, 0.2) is 71.2 Å². The van der Waals surface area contributed by atoms with Crippen LogP contribution in [0.1, 0.15) is 49.3 Å². The van der Waals surface area contributed by atoms with Crippen molar-refractivity contribution in [2.24, 2.45) is 5.92 Å². The molecule has 0 radical (unpaired) electrons. The first-order valence-corrected chi connectivity index (χ1v) is 20.7. The normalized spacial score (nSPS) is 26.8. The van der Waals surface area contributed by atoms with Gasteiger partial charge in [0, 0.05) is 40.1 Å². The van der Waals surface area contributed by atoms with Crippen LogP contribution in [0.5, 0.6) is 0 Å². The number of halogens is 1. The van der Waals surface area contributed by atoms with Gasteiger partial charge in [-0.25, -0.2) is 0 Å². The summed E-state index contributed by atoms with van der Waals surface area (Å²) in [7, 11) is -2.96. The molecule has 2 fully saturated rings. The van der Waals surface area contributed by atoms with Gasteiger partial charge in [0.2, 0.25) is 11.8 Å². The first-order valence-electron chi connectivity index (χ1n) is 16.9. The van der Waals surface area contributed by atoms with Crippen molar-refractivity contribution in [3.05, 3.63) is 87.9 Å². The topological polar surface area (TPSA) is 111 Å². The summed E-state index contributed by atoms with van der Waals surface area (Å²) in [5, 5.41) is 9.87. The highest BCUT2D eigenvalue weighted by molar-refractivity contribution is 9.10. The van der Waals surface area contributed by atoms with Gasteiger partial charge in [0.25, 0.3) is 5.91 Å². The van der Waals surface area contributed by atoms with Crippen molar-refractivity contribution in [2.45, 2.75) is 82.0 Å².